The molecule has 1 saturated heterocycles. The van der Waals surface area contributed by atoms with Crippen LogP contribution < -0.4 is 0 Å². The van der Waals surface area contributed by atoms with Crippen LogP contribution in [0.4, 0.5) is 0 Å². The summed E-state index contributed by atoms with van der Waals surface area (Å²) in [6.45, 7) is 4.27. The van der Waals surface area contributed by atoms with Crippen molar-refractivity contribution in [2.24, 2.45) is 0 Å². The largest absolute Gasteiger partial charge is 0.376 e. The zero-order valence-electron chi connectivity index (χ0n) is 11.7. The Hall–Kier alpha value is -1.18. The summed E-state index contributed by atoms with van der Waals surface area (Å²) in [5, 5.41) is 8.63. The summed E-state index contributed by atoms with van der Waals surface area (Å²) in [7, 11) is 0. The van der Waals surface area contributed by atoms with Crippen molar-refractivity contribution in [2.75, 3.05) is 19.7 Å². The number of ether oxygens (including phenoxy) is 1. The molecular formula is C14H17BrN4O2. The molecule has 0 spiro atoms. The van der Waals surface area contributed by atoms with Crippen LogP contribution in [0.3, 0.4) is 0 Å². The maximum atomic E-state index is 5.51. The molecule has 21 heavy (non-hydrogen) atoms. The van der Waals surface area contributed by atoms with Crippen molar-refractivity contribution < 1.29 is 9.26 Å². The second-order valence-corrected chi connectivity index (χ2v) is 6.57. The van der Waals surface area contributed by atoms with Gasteiger partial charge in [0, 0.05) is 37.8 Å². The first-order valence-corrected chi connectivity index (χ1v) is 8.05. The topological polar surface area (TPSA) is 56.3 Å². The van der Waals surface area contributed by atoms with Crippen molar-refractivity contribution in [2.45, 2.75) is 32.0 Å². The predicted molar refractivity (Wildman–Crippen MR) is 78.7 cm³/mol. The molecule has 6 nitrogen and oxygen atoms in total. The van der Waals surface area contributed by atoms with Gasteiger partial charge in [0.15, 0.2) is 0 Å². The van der Waals surface area contributed by atoms with Crippen molar-refractivity contribution >= 4 is 15.9 Å². The van der Waals surface area contributed by atoms with Crippen molar-refractivity contribution in [3.63, 3.8) is 0 Å². The summed E-state index contributed by atoms with van der Waals surface area (Å²) < 4.78 is 14.0. The average Bonchev–Trinajstić information content (AvgIpc) is 3.20. The van der Waals surface area contributed by atoms with E-state index in [9.17, 15) is 0 Å². The molecular weight excluding hydrogens is 336 g/mol. The van der Waals surface area contributed by atoms with Gasteiger partial charge in [-0.2, -0.15) is 5.10 Å². The number of rotatable bonds is 3. The third-order valence-electron chi connectivity index (χ3n) is 4.24. The standard InChI is InChI=1S/C14H17BrN4O2/c15-10-5-16-19(6-10)11-1-3-18(7-11)8-13-12-9-20-4-2-14(12)21-17-13/h5-6,11H,1-4,7-9H2. The Labute approximate surface area is 131 Å². The Kier molecular flexibility index (Phi) is 3.56. The van der Waals surface area contributed by atoms with E-state index in [0.717, 1.165) is 60.6 Å². The Morgan fingerprint density at radius 2 is 2.38 bits per heavy atom. The third kappa shape index (κ3) is 2.65. The molecule has 2 aromatic heterocycles. The first-order chi connectivity index (χ1) is 10.3. The monoisotopic (exact) mass is 352 g/mol. The van der Waals surface area contributed by atoms with E-state index >= 15 is 0 Å². The van der Waals surface area contributed by atoms with Gasteiger partial charge in [-0.3, -0.25) is 9.58 Å². The van der Waals surface area contributed by atoms with E-state index < -0.39 is 0 Å². The highest BCUT2D eigenvalue weighted by molar-refractivity contribution is 9.10. The summed E-state index contributed by atoms with van der Waals surface area (Å²) in [6, 6.07) is 0.440. The minimum atomic E-state index is 0.440. The lowest BCUT2D eigenvalue weighted by molar-refractivity contribution is 0.102. The molecule has 0 amide bonds. The van der Waals surface area contributed by atoms with Crippen LogP contribution in [0.5, 0.6) is 0 Å². The average molecular weight is 353 g/mol. The molecule has 0 bridgehead atoms. The summed E-state index contributed by atoms with van der Waals surface area (Å²) in [5.74, 6) is 1.00. The van der Waals surface area contributed by atoms with Gasteiger partial charge in [-0.25, -0.2) is 0 Å². The van der Waals surface area contributed by atoms with E-state index in [-0.39, 0.29) is 0 Å². The van der Waals surface area contributed by atoms with Gasteiger partial charge in [-0.05, 0) is 22.4 Å². The van der Waals surface area contributed by atoms with E-state index in [1.54, 1.807) is 0 Å². The Morgan fingerprint density at radius 1 is 1.43 bits per heavy atom. The van der Waals surface area contributed by atoms with Crippen molar-refractivity contribution in [3.8, 4) is 0 Å². The van der Waals surface area contributed by atoms with Gasteiger partial charge in [-0.15, -0.1) is 0 Å². The number of nitrogens with zero attached hydrogens (tertiary/aromatic N) is 4. The molecule has 0 aliphatic carbocycles. The molecule has 2 aromatic rings. The second kappa shape index (κ2) is 5.55. The number of hydrogen-bond acceptors (Lipinski definition) is 5. The zero-order chi connectivity index (χ0) is 14.2. The minimum absolute atomic E-state index is 0.440. The van der Waals surface area contributed by atoms with E-state index in [2.05, 4.69) is 31.1 Å². The number of fused-ring (bicyclic) bond motifs is 1. The van der Waals surface area contributed by atoms with Crippen LogP contribution >= 0.6 is 15.9 Å². The van der Waals surface area contributed by atoms with Gasteiger partial charge in [0.05, 0.1) is 29.9 Å². The molecule has 0 N–H and O–H groups in total. The maximum Gasteiger partial charge on any atom is 0.144 e. The van der Waals surface area contributed by atoms with Crippen molar-refractivity contribution in [3.05, 3.63) is 33.9 Å². The van der Waals surface area contributed by atoms with Crippen LogP contribution in [-0.4, -0.2) is 39.5 Å². The number of hydrogen-bond donors (Lipinski definition) is 0. The highest BCUT2D eigenvalue weighted by Crippen LogP contribution is 2.26. The number of likely N-dealkylation sites (tertiary alicyclic amines) is 1. The molecule has 1 unspecified atom stereocenters. The molecule has 112 valence electrons. The fraction of sp³-hybridized carbons (Fsp3) is 0.571. The van der Waals surface area contributed by atoms with Crippen LogP contribution in [0.2, 0.25) is 0 Å². The SMILES string of the molecule is Brc1cnn(C2CCN(Cc3noc4c3COCC4)C2)c1. The van der Waals surface area contributed by atoms with Gasteiger partial charge in [0.1, 0.15) is 11.5 Å². The quantitative estimate of drug-likeness (QED) is 0.847. The zero-order valence-corrected chi connectivity index (χ0v) is 13.3. The molecule has 0 aromatic carbocycles. The van der Waals surface area contributed by atoms with Gasteiger partial charge in [-0.1, -0.05) is 5.16 Å². The molecule has 1 atom stereocenters. The van der Waals surface area contributed by atoms with Crippen molar-refractivity contribution in [1.29, 1.82) is 0 Å². The number of halogens is 1. The van der Waals surface area contributed by atoms with E-state index in [1.807, 2.05) is 17.1 Å². The molecule has 0 radical (unpaired) electrons. The fourth-order valence-electron chi connectivity index (χ4n) is 3.10. The van der Waals surface area contributed by atoms with E-state index in [4.69, 9.17) is 9.26 Å². The van der Waals surface area contributed by atoms with Gasteiger partial charge in [0.25, 0.3) is 0 Å². The lowest BCUT2D eigenvalue weighted by atomic mass is 10.1. The van der Waals surface area contributed by atoms with Crippen LogP contribution in [0.25, 0.3) is 0 Å². The molecule has 4 rings (SSSR count). The Balaban J connectivity index is 1.43. The van der Waals surface area contributed by atoms with Crippen LogP contribution in [0.15, 0.2) is 21.4 Å². The predicted octanol–water partition coefficient (Wildman–Crippen LogP) is 2.15. The molecule has 1 fully saturated rings. The fourth-order valence-corrected chi connectivity index (χ4v) is 3.40. The first kappa shape index (κ1) is 13.5. The second-order valence-electron chi connectivity index (χ2n) is 5.65. The molecule has 2 aliphatic heterocycles. The van der Waals surface area contributed by atoms with Crippen LogP contribution in [0.1, 0.15) is 29.5 Å². The minimum Gasteiger partial charge on any atom is -0.376 e. The van der Waals surface area contributed by atoms with E-state index in [0.29, 0.717) is 12.6 Å². The molecule has 7 heteroatoms. The maximum absolute atomic E-state index is 5.51. The molecule has 2 aliphatic rings. The van der Waals surface area contributed by atoms with E-state index in [1.165, 1.54) is 0 Å². The highest BCUT2D eigenvalue weighted by Gasteiger charge is 2.27. The highest BCUT2D eigenvalue weighted by atomic mass is 79.9. The smallest absolute Gasteiger partial charge is 0.144 e. The van der Waals surface area contributed by atoms with Gasteiger partial charge < -0.3 is 9.26 Å². The summed E-state index contributed by atoms with van der Waals surface area (Å²) >= 11 is 3.45. The number of aromatic nitrogens is 3. The molecule has 4 heterocycles. The van der Waals surface area contributed by atoms with Gasteiger partial charge >= 0.3 is 0 Å². The third-order valence-corrected chi connectivity index (χ3v) is 4.65. The lowest BCUT2D eigenvalue weighted by Crippen LogP contribution is -2.22. The summed E-state index contributed by atoms with van der Waals surface area (Å²) in [4.78, 5) is 2.41. The summed E-state index contributed by atoms with van der Waals surface area (Å²) in [5.41, 5.74) is 2.19. The lowest BCUT2D eigenvalue weighted by Gasteiger charge is -2.16. The summed E-state index contributed by atoms with van der Waals surface area (Å²) in [6.07, 6.45) is 5.84. The normalized spacial score (nSPS) is 22.6. The van der Waals surface area contributed by atoms with Crippen LogP contribution in [0, 0.1) is 0 Å². The Bertz CT molecular complexity index is 639. The molecule has 0 saturated carbocycles. The van der Waals surface area contributed by atoms with Gasteiger partial charge in [0.2, 0.25) is 0 Å². The van der Waals surface area contributed by atoms with Crippen molar-refractivity contribution in [1.82, 2.24) is 19.8 Å². The van der Waals surface area contributed by atoms with Crippen LogP contribution in [-0.2, 0) is 24.3 Å². The Morgan fingerprint density at radius 3 is 3.24 bits per heavy atom. The first-order valence-electron chi connectivity index (χ1n) is 7.25.